The Kier molecular flexibility index (Phi) is 8.99. The average molecular weight is 331 g/mol. The summed E-state index contributed by atoms with van der Waals surface area (Å²) in [4.78, 5) is 10.3. The average Bonchev–Trinajstić information content (AvgIpc) is 2.60. The molecule has 0 spiro atoms. The van der Waals surface area contributed by atoms with Crippen molar-refractivity contribution >= 4 is 12.4 Å². The number of carbonyl (C=O) groups is 1. The van der Waals surface area contributed by atoms with Gasteiger partial charge in [-0.1, -0.05) is 43.7 Å². The van der Waals surface area contributed by atoms with E-state index in [4.69, 9.17) is 4.74 Å². The van der Waals surface area contributed by atoms with Gasteiger partial charge in [-0.3, -0.25) is 4.79 Å². The third-order valence-electron chi connectivity index (χ3n) is 4.81. The Morgan fingerprint density at radius 1 is 1.08 bits per heavy atom. The monoisotopic (exact) mass is 330 g/mol. The predicted octanol–water partition coefficient (Wildman–Crippen LogP) is 6.01. The van der Waals surface area contributed by atoms with Gasteiger partial charge < -0.3 is 4.74 Å². The van der Waals surface area contributed by atoms with Crippen LogP contribution in [0.3, 0.4) is 0 Å². The van der Waals surface area contributed by atoms with Crippen molar-refractivity contribution in [2.45, 2.75) is 71.3 Å². The van der Waals surface area contributed by atoms with Crippen molar-refractivity contribution < 1.29 is 9.53 Å². The zero-order chi connectivity index (χ0) is 18.0. The highest BCUT2D eigenvalue weighted by Gasteiger charge is 2.20. The third kappa shape index (κ3) is 7.92. The lowest BCUT2D eigenvalue weighted by Gasteiger charge is -2.28. The lowest BCUT2D eigenvalue weighted by atomic mass is 9.78. The molecule has 1 aliphatic carbocycles. The molecule has 0 heterocycles. The molecule has 1 aromatic rings. The standard InChI is InChI=1S/C17H22O.C5H12O/c1-2-14-5-9-16(10-6-14)17-11-7-15(8-12-17)4-3-13-18;1-5(2,3)6-4/h3-4,7-8,11-14,16H,2,5-6,9-10H2,1H3;1-4H3/b4-3+;. The highest BCUT2D eigenvalue weighted by Crippen LogP contribution is 2.36. The molecule has 0 saturated heterocycles. The van der Waals surface area contributed by atoms with Gasteiger partial charge in [-0.05, 0) is 75.5 Å². The molecule has 2 nitrogen and oxygen atoms in total. The van der Waals surface area contributed by atoms with Gasteiger partial charge in [0, 0.05) is 7.11 Å². The van der Waals surface area contributed by atoms with E-state index in [0.29, 0.717) is 0 Å². The van der Waals surface area contributed by atoms with E-state index in [0.717, 1.165) is 23.7 Å². The molecule has 2 heteroatoms. The van der Waals surface area contributed by atoms with E-state index in [-0.39, 0.29) is 5.60 Å². The first-order valence-corrected chi connectivity index (χ1v) is 9.16. The van der Waals surface area contributed by atoms with Gasteiger partial charge in [-0.2, -0.15) is 0 Å². The Morgan fingerprint density at radius 3 is 2.04 bits per heavy atom. The second-order valence-electron chi connectivity index (χ2n) is 7.60. The van der Waals surface area contributed by atoms with Crippen LogP contribution in [0.5, 0.6) is 0 Å². The molecule has 0 bridgehead atoms. The minimum absolute atomic E-state index is 0.0417. The first-order valence-electron chi connectivity index (χ1n) is 9.16. The van der Waals surface area contributed by atoms with E-state index in [2.05, 4.69) is 31.2 Å². The molecule has 0 amide bonds. The lowest BCUT2D eigenvalue weighted by Crippen LogP contribution is -2.15. The van der Waals surface area contributed by atoms with Crippen molar-refractivity contribution in [3.05, 3.63) is 41.5 Å². The molecular formula is C22H34O2. The Morgan fingerprint density at radius 2 is 1.62 bits per heavy atom. The number of carbonyl (C=O) groups excluding carboxylic acids is 1. The van der Waals surface area contributed by atoms with E-state index in [9.17, 15) is 4.79 Å². The van der Waals surface area contributed by atoms with E-state index in [1.54, 1.807) is 13.2 Å². The molecule has 0 radical (unpaired) electrons. The smallest absolute Gasteiger partial charge is 0.142 e. The first-order chi connectivity index (χ1) is 11.4. The number of hydrogen-bond acceptors (Lipinski definition) is 2. The van der Waals surface area contributed by atoms with Crippen molar-refractivity contribution in [3.63, 3.8) is 0 Å². The van der Waals surface area contributed by atoms with Gasteiger partial charge in [0.15, 0.2) is 0 Å². The van der Waals surface area contributed by atoms with Crippen molar-refractivity contribution in [3.8, 4) is 0 Å². The highest BCUT2D eigenvalue weighted by molar-refractivity contribution is 5.73. The minimum Gasteiger partial charge on any atom is -0.379 e. The fourth-order valence-corrected chi connectivity index (χ4v) is 2.93. The van der Waals surface area contributed by atoms with Crippen LogP contribution >= 0.6 is 0 Å². The largest absolute Gasteiger partial charge is 0.379 e. The number of benzene rings is 1. The van der Waals surface area contributed by atoms with Gasteiger partial charge in [0.1, 0.15) is 6.29 Å². The predicted molar refractivity (Wildman–Crippen MR) is 103 cm³/mol. The number of allylic oxidation sites excluding steroid dienone is 1. The van der Waals surface area contributed by atoms with E-state index < -0.39 is 0 Å². The molecule has 2 rings (SSSR count). The molecular weight excluding hydrogens is 296 g/mol. The van der Waals surface area contributed by atoms with Gasteiger partial charge in [0.25, 0.3) is 0 Å². The number of ether oxygens (including phenoxy) is 1. The van der Waals surface area contributed by atoms with Gasteiger partial charge in [0.2, 0.25) is 0 Å². The molecule has 0 N–H and O–H groups in total. The molecule has 1 aromatic carbocycles. The Labute approximate surface area is 148 Å². The topological polar surface area (TPSA) is 26.3 Å². The van der Waals surface area contributed by atoms with Crippen LogP contribution in [0.1, 0.15) is 76.8 Å². The Bertz CT molecular complexity index is 486. The van der Waals surface area contributed by atoms with Gasteiger partial charge in [0.05, 0.1) is 5.60 Å². The summed E-state index contributed by atoms with van der Waals surface area (Å²) in [7, 11) is 1.71. The van der Waals surface area contributed by atoms with Gasteiger partial charge in [-0.15, -0.1) is 0 Å². The number of methoxy groups -OCH3 is 1. The summed E-state index contributed by atoms with van der Waals surface area (Å²) < 4.78 is 4.94. The third-order valence-corrected chi connectivity index (χ3v) is 4.81. The Balaban J connectivity index is 0.000000413. The lowest BCUT2D eigenvalue weighted by molar-refractivity contribution is -0.104. The molecule has 1 fully saturated rings. The quantitative estimate of drug-likeness (QED) is 0.499. The van der Waals surface area contributed by atoms with Gasteiger partial charge in [-0.25, -0.2) is 0 Å². The summed E-state index contributed by atoms with van der Waals surface area (Å²) in [6.45, 7) is 8.37. The number of aldehydes is 1. The zero-order valence-electron chi connectivity index (χ0n) is 16.0. The van der Waals surface area contributed by atoms with Crippen LogP contribution in [0.4, 0.5) is 0 Å². The molecule has 0 aliphatic heterocycles. The van der Waals surface area contributed by atoms with Crippen LogP contribution in [-0.4, -0.2) is 19.0 Å². The van der Waals surface area contributed by atoms with Crippen molar-refractivity contribution in [2.24, 2.45) is 5.92 Å². The molecule has 0 aromatic heterocycles. The number of hydrogen-bond donors (Lipinski definition) is 0. The molecule has 0 atom stereocenters. The number of rotatable bonds is 4. The normalized spacial score (nSPS) is 21.2. The zero-order valence-corrected chi connectivity index (χ0v) is 16.0. The fourth-order valence-electron chi connectivity index (χ4n) is 2.93. The molecule has 134 valence electrons. The summed E-state index contributed by atoms with van der Waals surface area (Å²) in [5.41, 5.74) is 2.61. The van der Waals surface area contributed by atoms with Crippen LogP contribution in [0.25, 0.3) is 6.08 Å². The SMILES string of the molecule is CCC1CCC(c2ccc(/C=C/C=O)cc2)CC1.COC(C)(C)C. The molecule has 1 aliphatic rings. The van der Waals surface area contributed by atoms with Crippen LogP contribution < -0.4 is 0 Å². The van der Waals surface area contributed by atoms with Crippen LogP contribution in [0, 0.1) is 5.92 Å². The van der Waals surface area contributed by atoms with Crippen molar-refractivity contribution in [1.29, 1.82) is 0 Å². The van der Waals surface area contributed by atoms with Crippen molar-refractivity contribution in [1.82, 2.24) is 0 Å². The molecule has 24 heavy (non-hydrogen) atoms. The van der Waals surface area contributed by atoms with E-state index in [1.807, 2.05) is 26.8 Å². The molecule has 0 unspecified atom stereocenters. The van der Waals surface area contributed by atoms with Gasteiger partial charge >= 0.3 is 0 Å². The Hall–Kier alpha value is -1.41. The second-order valence-corrected chi connectivity index (χ2v) is 7.60. The summed E-state index contributed by atoms with van der Waals surface area (Å²) in [6.07, 6.45) is 11.0. The second kappa shape index (κ2) is 10.5. The minimum atomic E-state index is 0.0417. The van der Waals surface area contributed by atoms with Crippen LogP contribution in [0.2, 0.25) is 0 Å². The summed E-state index contributed by atoms with van der Waals surface area (Å²) in [6, 6.07) is 8.67. The fraction of sp³-hybridized carbons (Fsp3) is 0.591. The summed E-state index contributed by atoms with van der Waals surface area (Å²) in [5, 5.41) is 0. The highest BCUT2D eigenvalue weighted by atomic mass is 16.5. The molecule has 1 saturated carbocycles. The van der Waals surface area contributed by atoms with Crippen LogP contribution in [-0.2, 0) is 9.53 Å². The van der Waals surface area contributed by atoms with E-state index >= 15 is 0 Å². The van der Waals surface area contributed by atoms with Crippen molar-refractivity contribution in [2.75, 3.05) is 7.11 Å². The van der Waals surface area contributed by atoms with E-state index in [1.165, 1.54) is 37.7 Å². The van der Waals surface area contributed by atoms with Crippen LogP contribution in [0.15, 0.2) is 30.3 Å². The first kappa shape index (κ1) is 20.6. The summed E-state index contributed by atoms with van der Waals surface area (Å²) in [5.74, 6) is 1.70. The summed E-state index contributed by atoms with van der Waals surface area (Å²) >= 11 is 0. The maximum absolute atomic E-state index is 10.3. The maximum Gasteiger partial charge on any atom is 0.142 e. The maximum atomic E-state index is 10.3.